The number of rotatable bonds is 4. The minimum Gasteiger partial charge on any atom is -0.473 e. The molecule has 1 aliphatic rings. The zero-order valence-corrected chi connectivity index (χ0v) is 19.2. The highest BCUT2D eigenvalue weighted by molar-refractivity contribution is 9.10. The molecule has 5 nitrogen and oxygen atoms in total. The number of carbonyl (C=O) groups is 1. The van der Waals surface area contributed by atoms with Gasteiger partial charge in [0.25, 0.3) is 0 Å². The molecule has 29 heavy (non-hydrogen) atoms. The average molecular weight is 461 g/mol. The molecule has 0 atom stereocenters. The number of nitrogens with zero attached hydrogens (tertiary/aromatic N) is 2. The van der Waals surface area contributed by atoms with Crippen LogP contribution in [-0.4, -0.2) is 34.7 Å². The number of hydrogen-bond acceptors (Lipinski definition) is 4. The Labute approximate surface area is 181 Å². The summed E-state index contributed by atoms with van der Waals surface area (Å²) in [5.41, 5.74) is 2.89. The summed E-state index contributed by atoms with van der Waals surface area (Å²) < 4.78 is 12.5. The molecule has 0 spiro atoms. The first-order chi connectivity index (χ1) is 13.7. The highest BCUT2D eigenvalue weighted by atomic mass is 79.9. The Kier molecular flexibility index (Phi) is 6.83. The van der Waals surface area contributed by atoms with Crippen molar-refractivity contribution in [2.45, 2.75) is 58.7 Å². The quantitative estimate of drug-likeness (QED) is 0.574. The summed E-state index contributed by atoms with van der Waals surface area (Å²) in [6, 6.07) is 12.1. The van der Waals surface area contributed by atoms with Gasteiger partial charge in [-0.25, -0.2) is 9.78 Å². The molecular formula is C23H29BrN2O3. The number of ether oxygens (including phenoxy) is 2. The second-order valence-electron chi connectivity index (χ2n) is 8.50. The third kappa shape index (κ3) is 6.20. The van der Waals surface area contributed by atoms with Gasteiger partial charge in [0.1, 0.15) is 12.2 Å². The molecule has 1 aromatic heterocycles. The summed E-state index contributed by atoms with van der Waals surface area (Å²) in [5.74, 6) is 0.964. The fraction of sp³-hybridized carbons (Fsp3) is 0.478. The number of hydrogen-bond donors (Lipinski definition) is 0. The molecule has 2 heterocycles. The smallest absolute Gasteiger partial charge is 0.410 e. The maximum absolute atomic E-state index is 12.2. The van der Waals surface area contributed by atoms with Crippen molar-refractivity contribution in [1.82, 2.24) is 9.88 Å². The number of benzene rings is 1. The SMILES string of the molecule is Cc1cc(Br)ccc1COc1cccc(C2CCN(C(=O)OC(C)(C)C)CC2)n1. The lowest BCUT2D eigenvalue weighted by atomic mass is 9.93. The van der Waals surface area contributed by atoms with E-state index in [1.165, 1.54) is 5.56 Å². The normalized spacial score (nSPS) is 15.3. The third-order valence-electron chi connectivity index (χ3n) is 4.99. The molecule has 1 fully saturated rings. The number of piperidine rings is 1. The van der Waals surface area contributed by atoms with E-state index in [1.54, 1.807) is 4.90 Å². The summed E-state index contributed by atoms with van der Waals surface area (Å²) in [5, 5.41) is 0. The molecule has 156 valence electrons. The molecular weight excluding hydrogens is 432 g/mol. The fourth-order valence-corrected chi connectivity index (χ4v) is 3.87. The number of likely N-dealkylation sites (tertiary alicyclic amines) is 1. The van der Waals surface area contributed by atoms with Crippen LogP contribution in [0.25, 0.3) is 0 Å². The van der Waals surface area contributed by atoms with Crippen molar-refractivity contribution in [3.8, 4) is 5.88 Å². The lowest BCUT2D eigenvalue weighted by Crippen LogP contribution is -2.41. The lowest BCUT2D eigenvalue weighted by molar-refractivity contribution is 0.0204. The van der Waals surface area contributed by atoms with Gasteiger partial charge >= 0.3 is 6.09 Å². The molecule has 1 aliphatic heterocycles. The van der Waals surface area contributed by atoms with Crippen molar-refractivity contribution < 1.29 is 14.3 Å². The van der Waals surface area contributed by atoms with Gasteiger partial charge in [-0.1, -0.05) is 28.1 Å². The topological polar surface area (TPSA) is 51.7 Å². The molecule has 0 aliphatic carbocycles. The molecule has 0 N–H and O–H groups in total. The van der Waals surface area contributed by atoms with E-state index in [0.29, 0.717) is 31.5 Å². The maximum atomic E-state index is 12.2. The molecule has 0 radical (unpaired) electrons. The molecule has 1 aromatic carbocycles. The van der Waals surface area contributed by atoms with Gasteiger partial charge in [-0.05, 0) is 69.9 Å². The van der Waals surface area contributed by atoms with Crippen LogP contribution in [0.1, 0.15) is 56.4 Å². The molecule has 1 saturated heterocycles. The van der Waals surface area contributed by atoms with Gasteiger partial charge in [-0.15, -0.1) is 0 Å². The first-order valence-corrected chi connectivity index (χ1v) is 10.8. The zero-order chi connectivity index (χ0) is 21.0. The van der Waals surface area contributed by atoms with Crippen LogP contribution in [0.5, 0.6) is 5.88 Å². The number of aromatic nitrogens is 1. The van der Waals surface area contributed by atoms with Crippen molar-refractivity contribution in [3.05, 3.63) is 57.7 Å². The van der Waals surface area contributed by atoms with E-state index in [-0.39, 0.29) is 6.09 Å². The van der Waals surface area contributed by atoms with Crippen LogP contribution in [0.15, 0.2) is 40.9 Å². The van der Waals surface area contributed by atoms with Crippen molar-refractivity contribution >= 4 is 22.0 Å². The van der Waals surface area contributed by atoms with Crippen molar-refractivity contribution in [1.29, 1.82) is 0 Å². The van der Waals surface area contributed by atoms with E-state index in [4.69, 9.17) is 14.5 Å². The predicted molar refractivity (Wildman–Crippen MR) is 117 cm³/mol. The first kappa shape index (κ1) is 21.6. The zero-order valence-electron chi connectivity index (χ0n) is 17.6. The van der Waals surface area contributed by atoms with Crippen LogP contribution < -0.4 is 4.74 Å². The standard InChI is InChI=1S/C23H29BrN2O3/c1-16-14-19(24)9-8-18(16)15-28-21-7-5-6-20(25-21)17-10-12-26(13-11-17)22(27)29-23(2,3)4/h5-9,14,17H,10-13,15H2,1-4H3. The van der Waals surface area contributed by atoms with Crippen molar-refractivity contribution in [2.24, 2.45) is 0 Å². The highest BCUT2D eigenvalue weighted by Crippen LogP contribution is 2.29. The van der Waals surface area contributed by atoms with Gasteiger partial charge in [0.05, 0.1) is 0 Å². The molecule has 0 saturated carbocycles. The number of aryl methyl sites for hydroxylation is 1. The van der Waals surface area contributed by atoms with Crippen LogP contribution in [0.4, 0.5) is 4.79 Å². The van der Waals surface area contributed by atoms with Gasteiger partial charge in [0.2, 0.25) is 5.88 Å². The number of amides is 1. The van der Waals surface area contributed by atoms with E-state index in [0.717, 1.165) is 28.6 Å². The van der Waals surface area contributed by atoms with E-state index in [2.05, 4.69) is 35.0 Å². The van der Waals surface area contributed by atoms with Crippen molar-refractivity contribution in [2.75, 3.05) is 13.1 Å². The van der Waals surface area contributed by atoms with Crippen molar-refractivity contribution in [3.63, 3.8) is 0 Å². The predicted octanol–water partition coefficient (Wildman–Crippen LogP) is 5.85. The summed E-state index contributed by atoms with van der Waals surface area (Å²) in [6.45, 7) is 9.61. The molecule has 2 aromatic rings. The van der Waals surface area contributed by atoms with Crippen LogP contribution in [0.2, 0.25) is 0 Å². The maximum Gasteiger partial charge on any atom is 0.410 e. The van der Waals surface area contributed by atoms with Crippen LogP contribution >= 0.6 is 15.9 Å². The third-order valence-corrected chi connectivity index (χ3v) is 5.48. The summed E-state index contributed by atoms with van der Waals surface area (Å²) in [6.07, 6.45) is 1.52. The molecule has 0 unspecified atom stereocenters. The Balaban J connectivity index is 1.57. The highest BCUT2D eigenvalue weighted by Gasteiger charge is 2.28. The van der Waals surface area contributed by atoms with Gasteiger partial charge in [-0.2, -0.15) is 0 Å². The monoisotopic (exact) mass is 460 g/mol. The van der Waals surface area contributed by atoms with E-state index in [1.807, 2.05) is 45.0 Å². The van der Waals surface area contributed by atoms with Crippen LogP contribution in [-0.2, 0) is 11.3 Å². The average Bonchev–Trinajstić information content (AvgIpc) is 2.66. The van der Waals surface area contributed by atoms with Gasteiger partial charge < -0.3 is 14.4 Å². The Morgan fingerprint density at radius 1 is 1.21 bits per heavy atom. The second-order valence-corrected chi connectivity index (χ2v) is 9.42. The van der Waals surface area contributed by atoms with E-state index >= 15 is 0 Å². The fourth-order valence-electron chi connectivity index (χ4n) is 3.40. The van der Waals surface area contributed by atoms with E-state index in [9.17, 15) is 4.79 Å². The number of halogens is 1. The molecule has 1 amide bonds. The molecule has 3 rings (SSSR count). The Morgan fingerprint density at radius 3 is 2.59 bits per heavy atom. The largest absolute Gasteiger partial charge is 0.473 e. The Morgan fingerprint density at radius 2 is 1.93 bits per heavy atom. The minimum atomic E-state index is -0.464. The number of carbonyl (C=O) groups excluding carboxylic acids is 1. The summed E-state index contributed by atoms with van der Waals surface area (Å²) >= 11 is 3.49. The van der Waals surface area contributed by atoms with Crippen LogP contribution in [0, 0.1) is 6.92 Å². The Bertz CT molecular complexity index is 855. The summed E-state index contributed by atoms with van der Waals surface area (Å²) in [4.78, 5) is 18.8. The van der Waals surface area contributed by atoms with E-state index < -0.39 is 5.60 Å². The van der Waals surface area contributed by atoms with Crippen LogP contribution in [0.3, 0.4) is 0 Å². The van der Waals surface area contributed by atoms with Gasteiger partial charge in [0.15, 0.2) is 0 Å². The lowest BCUT2D eigenvalue weighted by Gasteiger charge is -2.33. The van der Waals surface area contributed by atoms with Gasteiger partial charge in [-0.3, -0.25) is 0 Å². The second kappa shape index (κ2) is 9.16. The Hall–Kier alpha value is -2.08. The summed E-state index contributed by atoms with van der Waals surface area (Å²) in [7, 11) is 0. The first-order valence-electron chi connectivity index (χ1n) is 10.0. The number of pyridine rings is 1. The minimum absolute atomic E-state index is 0.231. The molecule has 6 heteroatoms. The molecule has 0 bridgehead atoms. The van der Waals surface area contributed by atoms with Gasteiger partial charge in [0, 0.05) is 35.2 Å².